The molecule has 1 aliphatic rings. The molecule has 2 unspecified atom stereocenters. The van der Waals surface area contributed by atoms with Crippen LogP contribution in [0.25, 0.3) is 11.5 Å². The highest BCUT2D eigenvalue weighted by Gasteiger charge is 2.46. The third kappa shape index (κ3) is 3.79. The van der Waals surface area contributed by atoms with Crippen molar-refractivity contribution in [2.24, 2.45) is 0 Å². The molecule has 4 rings (SSSR count). The number of hydrogen-bond donors (Lipinski definition) is 3. The Balaban J connectivity index is 1.61. The van der Waals surface area contributed by atoms with E-state index >= 15 is 0 Å². The lowest BCUT2D eigenvalue weighted by molar-refractivity contribution is -0.178. The third-order valence-electron chi connectivity index (χ3n) is 4.37. The van der Waals surface area contributed by atoms with Crippen molar-refractivity contribution in [3.8, 4) is 11.5 Å². The summed E-state index contributed by atoms with van der Waals surface area (Å²) in [5.74, 6) is 0.372. The quantitative estimate of drug-likeness (QED) is 0.556. The molecule has 148 valence electrons. The van der Waals surface area contributed by atoms with Gasteiger partial charge in [-0.05, 0) is 6.07 Å². The lowest BCUT2D eigenvalue weighted by Crippen LogP contribution is -2.54. The molecule has 11 heteroatoms. The molecule has 0 bridgehead atoms. The van der Waals surface area contributed by atoms with Crippen LogP contribution >= 0.6 is 23.4 Å². The van der Waals surface area contributed by atoms with Gasteiger partial charge in [0.25, 0.3) is 0 Å². The van der Waals surface area contributed by atoms with Crippen molar-refractivity contribution < 1.29 is 24.5 Å². The Kier molecular flexibility index (Phi) is 5.67. The van der Waals surface area contributed by atoms with Gasteiger partial charge in [-0.1, -0.05) is 23.4 Å². The van der Waals surface area contributed by atoms with Gasteiger partial charge >= 0.3 is 0 Å². The highest BCUT2D eigenvalue weighted by Crippen LogP contribution is 2.38. The topological polar surface area (TPSA) is 127 Å². The van der Waals surface area contributed by atoms with E-state index in [1.165, 1.54) is 41.3 Å². The SMILES string of the molecule is OCC1O[C@H](Sc2cncc(Cl)c2)C(O)[C@@H](n2cc(-c3ncco3)cn2)[C@H]1O. The fraction of sp³-hybridized carbons (Fsp3) is 0.353. The largest absolute Gasteiger partial charge is 0.444 e. The van der Waals surface area contributed by atoms with Crippen molar-refractivity contribution >= 4 is 23.4 Å². The summed E-state index contributed by atoms with van der Waals surface area (Å²) in [5.41, 5.74) is -0.181. The van der Waals surface area contributed by atoms with Crippen molar-refractivity contribution in [1.82, 2.24) is 19.7 Å². The molecule has 0 aromatic carbocycles. The van der Waals surface area contributed by atoms with E-state index in [9.17, 15) is 15.3 Å². The van der Waals surface area contributed by atoms with E-state index in [0.717, 1.165) is 0 Å². The first-order valence-corrected chi connectivity index (χ1v) is 9.66. The average molecular weight is 425 g/mol. The number of nitrogens with zero attached hydrogens (tertiary/aromatic N) is 4. The fourth-order valence-electron chi connectivity index (χ4n) is 3.05. The van der Waals surface area contributed by atoms with Crippen molar-refractivity contribution in [2.45, 2.75) is 34.7 Å². The number of oxazole rings is 1. The molecular weight excluding hydrogens is 408 g/mol. The maximum absolute atomic E-state index is 10.9. The Morgan fingerprint density at radius 3 is 2.79 bits per heavy atom. The molecule has 0 saturated carbocycles. The first kappa shape index (κ1) is 19.4. The number of aliphatic hydroxyl groups is 3. The standard InChI is InChI=1S/C17H17ClN4O5S/c18-10-3-11(6-19-5-10)28-17-15(25)13(14(24)12(8-23)27-17)22-7-9(4-21-22)16-20-1-2-26-16/h1-7,12-15,17,23-25H,8H2/t12?,13-,14-,15?,17+/m0/s1. The first-order valence-electron chi connectivity index (χ1n) is 8.40. The summed E-state index contributed by atoms with van der Waals surface area (Å²) in [6.07, 6.45) is 5.99. The second-order valence-electron chi connectivity index (χ2n) is 6.20. The molecule has 0 aliphatic carbocycles. The van der Waals surface area contributed by atoms with E-state index in [2.05, 4.69) is 15.1 Å². The van der Waals surface area contributed by atoms with E-state index in [0.29, 0.717) is 21.4 Å². The Labute approximate surface area is 168 Å². The van der Waals surface area contributed by atoms with Crippen LogP contribution in [0.3, 0.4) is 0 Å². The van der Waals surface area contributed by atoms with Crippen LogP contribution in [0.1, 0.15) is 6.04 Å². The van der Waals surface area contributed by atoms with Gasteiger partial charge in [0.1, 0.15) is 36.1 Å². The van der Waals surface area contributed by atoms with Gasteiger partial charge in [0.05, 0.1) is 29.6 Å². The Morgan fingerprint density at radius 2 is 2.07 bits per heavy atom. The van der Waals surface area contributed by atoms with E-state index in [1.54, 1.807) is 18.5 Å². The van der Waals surface area contributed by atoms with E-state index in [1.807, 2.05) is 0 Å². The number of aliphatic hydroxyl groups excluding tert-OH is 3. The van der Waals surface area contributed by atoms with E-state index < -0.39 is 36.4 Å². The Morgan fingerprint density at radius 1 is 1.21 bits per heavy atom. The molecule has 1 saturated heterocycles. The first-order chi connectivity index (χ1) is 13.6. The van der Waals surface area contributed by atoms with Gasteiger partial charge in [-0.15, -0.1) is 0 Å². The van der Waals surface area contributed by atoms with Gasteiger partial charge in [-0.25, -0.2) is 4.98 Å². The highest BCUT2D eigenvalue weighted by molar-refractivity contribution is 7.99. The molecule has 0 amide bonds. The van der Waals surface area contributed by atoms with Crippen LogP contribution in [0.4, 0.5) is 0 Å². The minimum absolute atomic E-state index is 0.372. The van der Waals surface area contributed by atoms with Crippen LogP contribution < -0.4 is 0 Å². The van der Waals surface area contributed by atoms with Crippen molar-refractivity contribution in [1.29, 1.82) is 0 Å². The molecular formula is C17H17ClN4O5S. The normalized spacial score (nSPS) is 27.8. The predicted octanol–water partition coefficient (Wildman–Crippen LogP) is 1.36. The second kappa shape index (κ2) is 8.19. The van der Waals surface area contributed by atoms with Crippen LogP contribution in [0.2, 0.25) is 5.02 Å². The molecule has 3 aromatic rings. The minimum atomic E-state index is -1.17. The second-order valence-corrected chi connectivity index (χ2v) is 7.81. The summed E-state index contributed by atoms with van der Waals surface area (Å²) in [7, 11) is 0. The molecule has 0 spiro atoms. The number of thioether (sulfide) groups is 1. The number of aromatic nitrogens is 4. The monoisotopic (exact) mass is 424 g/mol. The summed E-state index contributed by atoms with van der Waals surface area (Å²) in [6.45, 7) is -0.414. The maximum atomic E-state index is 10.9. The zero-order chi connectivity index (χ0) is 19.7. The van der Waals surface area contributed by atoms with Crippen molar-refractivity contribution in [3.05, 3.63) is 48.3 Å². The summed E-state index contributed by atoms with van der Waals surface area (Å²) in [5, 5.41) is 35.8. The number of halogens is 1. The van der Waals surface area contributed by atoms with Crippen LogP contribution in [-0.2, 0) is 4.74 Å². The highest BCUT2D eigenvalue weighted by atomic mass is 35.5. The smallest absolute Gasteiger partial charge is 0.229 e. The van der Waals surface area contributed by atoms with Crippen molar-refractivity contribution in [3.63, 3.8) is 0 Å². The third-order valence-corrected chi connectivity index (χ3v) is 5.69. The van der Waals surface area contributed by atoms with Crippen LogP contribution in [0, 0.1) is 0 Å². The van der Waals surface area contributed by atoms with E-state index in [-0.39, 0.29) is 0 Å². The number of hydrogen-bond acceptors (Lipinski definition) is 9. The summed E-state index contributed by atoms with van der Waals surface area (Å²) >= 11 is 7.16. The Hall–Kier alpha value is -1.95. The molecule has 5 atom stereocenters. The van der Waals surface area contributed by atoms with Gasteiger partial charge in [0.2, 0.25) is 5.89 Å². The predicted molar refractivity (Wildman–Crippen MR) is 99.6 cm³/mol. The van der Waals surface area contributed by atoms with Gasteiger partial charge in [-0.3, -0.25) is 9.67 Å². The summed E-state index contributed by atoms with van der Waals surface area (Å²) in [4.78, 5) is 8.76. The number of pyridine rings is 1. The molecule has 1 fully saturated rings. The maximum Gasteiger partial charge on any atom is 0.229 e. The Bertz CT molecular complexity index is 924. The molecule has 3 N–H and O–H groups in total. The zero-order valence-electron chi connectivity index (χ0n) is 14.4. The summed E-state index contributed by atoms with van der Waals surface area (Å²) < 4.78 is 12.4. The molecule has 3 aromatic heterocycles. The number of rotatable bonds is 5. The van der Waals surface area contributed by atoms with Crippen LogP contribution in [0.5, 0.6) is 0 Å². The average Bonchev–Trinajstić information content (AvgIpc) is 3.36. The molecule has 0 radical (unpaired) electrons. The van der Waals surface area contributed by atoms with Gasteiger partial charge in [0, 0.05) is 23.5 Å². The fourth-order valence-corrected chi connectivity index (χ4v) is 4.37. The van der Waals surface area contributed by atoms with Gasteiger partial charge in [-0.2, -0.15) is 5.10 Å². The van der Waals surface area contributed by atoms with Crippen LogP contribution in [0.15, 0.2) is 52.6 Å². The molecule has 1 aliphatic heterocycles. The van der Waals surface area contributed by atoms with Crippen LogP contribution in [-0.4, -0.2) is 65.4 Å². The minimum Gasteiger partial charge on any atom is -0.444 e. The van der Waals surface area contributed by atoms with Gasteiger partial charge < -0.3 is 24.5 Å². The number of ether oxygens (including phenoxy) is 1. The molecule has 9 nitrogen and oxygen atoms in total. The lowest BCUT2D eigenvalue weighted by atomic mass is 9.97. The molecule has 4 heterocycles. The summed E-state index contributed by atoms with van der Waals surface area (Å²) in [6, 6.07) is 0.844. The molecule has 28 heavy (non-hydrogen) atoms. The van der Waals surface area contributed by atoms with E-state index in [4.69, 9.17) is 20.8 Å². The van der Waals surface area contributed by atoms with Gasteiger partial charge in [0.15, 0.2) is 0 Å². The van der Waals surface area contributed by atoms with Crippen molar-refractivity contribution in [2.75, 3.05) is 6.61 Å². The zero-order valence-corrected chi connectivity index (χ0v) is 15.9. The lowest BCUT2D eigenvalue weighted by Gasteiger charge is -2.42.